The largest absolute Gasteiger partial charge is 0.493 e. The van der Waals surface area contributed by atoms with Gasteiger partial charge >= 0.3 is 0 Å². The summed E-state index contributed by atoms with van der Waals surface area (Å²) >= 11 is 0. The Morgan fingerprint density at radius 2 is 1.82 bits per heavy atom. The second kappa shape index (κ2) is 14.6. The lowest BCUT2D eigenvalue weighted by atomic mass is 10.1. The maximum absolute atomic E-state index is 12.1. The highest BCUT2D eigenvalue weighted by molar-refractivity contribution is 5.91. The van der Waals surface area contributed by atoms with Gasteiger partial charge in [0, 0.05) is 19.0 Å². The molecule has 202 valence electrons. The molecule has 1 N–H and O–H groups in total. The minimum Gasteiger partial charge on any atom is -0.493 e. The van der Waals surface area contributed by atoms with Crippen LogP contribution in [0.4, 0.5) is 0 Å². The van der Waals surface area contributed by atoms with E-state index in [1.54, 1.807) is 13.2 Å². The number of ether oxygens (including phenoxy) is 2. The Balaban J connectivity index is 1.27. The van der Waals surface area contributed by atoms with Gasteiger partial charge in [-0.3, -0.25) is 4.79 Å². The van der Waals surface area contributed by atoms with Crippen LogP contribution >= 0.6 is 0 Å². The van der Waals surface area contributed by atoms with E-state index < -0.39 is 0 Å². The molecule has 1 amide bonds. The molecule has 0 radical (unpaired) electrons. The maximum Gasteiger partial charge on any atom is 0.243 e. The van der Waals surface area contributed by atoms with Crippen LogP contribution in [0.1, 0.15) is 36.2 Å². The molecule has 4 aromatic rings. The van der Waals surface area contributed by atoms with Crippen molar-refractivity contribution < 1.29 is 14.3 Å². The Morgan fingerprint density at radius 1 is 1.00 bits per heavy atom. The summed E-state index contributed by atoms with van der Waals surface area (Å²) in [5.41, 5.74) is 4.26. The maximum atomic E-state index is 12.1. The zero-order valence-corrected chi connectivity index (χ0v) is 22.6. The highest BCUT2D eigenvalue weighted by atomic mass is 16.5. The first-order chi connectivity index (χ1) is 19.2. The van der Waals surface area contributed by atoms with Gasteiger partial charge in [-0.05, 0) is 60.7 Å². The molecule has 1 heterocycles. The molecule has 0 saturated heterocycles. The van der Waals surface area contributed by atoms with Crippen molar-refractivity contribution in [2.24, 2.45) is 0 Å². The summed E-state index contributed by atoms with van der Waals surface area (Å²) < 4.78 is 13.9. The van der Waals surface area contributed by atoms with Crippen LogP contribution in [0.3, 0.4) is 0 Å². The van der Waals surface area contributed by atoms with Gasteiger partial charge in [0.15, 0.2) is 11.5 Å². The second-order valence-corrected chi connectivity index (χ2v) is 9.34. The summed E-state index contributed by atoms with van der Waals surface area (Å²) in [5, 5.41) is 2.97. The number of fused-ring (bicyclic) bond motifs is 1. The van der Waals surface area contributed by atoms with E-state index in [1.807, 2.05) is 72.8 Å². The zero-order chi connectivity index (χ0) is 27.3. The molecule has 0 fully saturated rings. The van der Waals surface area contributed by atoms with Crippen molar-refractivity contribution in [3.8, 4) is 11.5 Å². The lowest BCUT2D eigenvalue weighted by Gasteiger charge is -2.14. The first-order valence-electron chi connectivity index (χ1n) is 13.5. The molecule has 39 heavy (non-hydrogen) atoms. The molecule has 3 aromatic carbocycles. The average molecular weight is 524 g/mol. The summed E-state index contributed by atoms with van der Waals surface area (Å²) in [4.78, 5) is 17.0. The van der Waals surface area contributed by atoms with Crippen molar-refractivity contribution in [2.45, 2.75) is 38.6 Å². The van der Waals surface area contributed by atoms with E-state index >= 15 is 0 Å². The Labute approximate surface area is 231 Å². The summed E-state index contributed by atoms with van der Waals surface area (Å²) in [7, 11) is 1.66. The minimum atomic E-state index is -0.0624. The zero-order valence-electron chi connectivity index (χ0n) is 22.6. The molecule has 4 rings (SSSR count). The van der Waals surface area contributed by atoms with Crippen LogP contribution in [-0.2, 0) is 24.2 Å². The van der Waals surface area contributed by atoms with Crippen molar-refractivity contribution in [1.29, 1.82) is 0 Å². The third-order valence-electron chi connectivity index (χ3n) is 6.52. The number of allylic oxidation sites excluding steroid dienone is 1. The van der Waals surface area contributed by atoms with Gasteiger partial charge in [-0.25, -0.2) is 4.98 Å². The van der Waals surface area contributed by atoms with Crippen molar-refractivity contribution in [3.63, 3.8) is 0 Å². The van der Waals surface area contributed by atoms with Gasteiger partial charge in [0.25, 0.3) is 0 Å². The first kappa shape index (κ1) is 27.7. The predicted molar refractivity (Wildman–Crippen MR) is 158 cm³/mol. The molecule has 0 saturated carbocycles. The summed E-state index contributed by atoms with van der Waals surface area (Å²) in [6.07, 6.45) is 9.89. The molecule has 0 aliphatic rings. The van der Waals surface area contributed by atoms with Crippen LogP contribution in [-0.4, -0.2) is 35.7 Å². The van der Waals surface area contributed by atoms with Crippen LogP contribution in [0.15, 0.2) is 91.5 Å². The molecule has 0 unspecified atom stereocenters. The Morgan fingerprint density at radius 3 is 2.64 bits per heavy atom. The molecule has 6 nitrogen and oxygen atoms in total. The number of nitrogens with zero attached hydrogens (tertiary/aromatic N) is 2. The van der Waals surface area contributed by atoms with Gasteiger partial charge in [-0.2, -0.15) is 0 Å². The number of aromatic nitrogens is 2. The SMILES string of the molecule is C=CCc1ccc(OCCn2c(CCCCCNC(=O)/C=C/c3ccccc3)nc3ccccc32)c(OC)c1. The van der Waals surface area contributed by atoms with E-state index in [4.69, 9.17) is 14.5 Å². The van der Waals surface area contributed by atoms with Gasteiger partial charge in [0.2, 0.25) is 5.91 Å². The highest BCUT2D eigenvalue weighted by Crippen LogP contribution is 2.28. The van der Waals surface area contributed by atoms with Gasteiger partial charge in [-0.15, -0.1) is 6.58 Å². The molecule has 0 bridgehead atoms. The van der Waals surface area contributed by atoms with Gasteiger partial charge in [0.05, 0.1) is 24.7 Å². The van der Waals surface area contributed by atoms with Gasteiger partial charge in [-0.1, -0.05) is 61.0 Å². The number of nitrogens with one attached hydrogen (secondary N) is 1. The van der Waals surface area contributed by atoms with Gasteiger partial charge in [0.1, 0.15) is 12.4 Å². The van der Waals surface area contributed by atoms with Crippen LogP contribution in [0.25, 0.3) is 17.1 Å². The minimum absolute atomic E-state index is 0.0624. The molecular weight excluding hydrogens is 486 g/mol. The summed E-state index contributed by atoms with van der Waals surface area (Å²) in [5.74, 6) is 2.46. The lowest BCUT2D eigenvalue weighted by molar-refractivity contribution is -0.116. The molecule has 1 aromatic heterocycles. The van der Waals surface area contributed by atoms with E-state index in [0.717, 1.165) is 71.6 Å². The third kappa shape index (κ3) is 8.08. The van der Waals surface area contributed by atoms with Crippen LogP contribution in [0.2, 0.25) is 0 Å². The van der Waals surface area contributed by atoms with Gasteiger partial charge < -0.3 is 19.4 Å². The number of rotatable bonds is 15. The molecular formula is C33H37N3O3. The topological polar surface area (TPSA) is 65.4 Å². The Bertz CT molecular complexity index is 1390. The second-order valence-electron chi connectivity index (χ2n) is 9.34. The quantitative estimate of drug-likeness (QED) is 0.111. The van der Waals surface area contributed by atoms with E-state index in [0.29, 0.717) is 19.7 Å². The fraction of sp³-hybridized carbons (Fsp3) is 0.273. The Kier molecular flexibility index (Phi) is 10.4. The molecule has 0 aliphatic heterocycles. The third-order valence-corrected chi connectivity index (χ3v) is 6.52. The number of benzene rings is 3. The predicted octanol–water partition coefficient (Wildman–Crippen LogP) is 6.39. The van der Waals surface area contributed by atoms with Crippen molar-refractivity contribution >= 4 is 23.0 Å². The molecule has 0 aliphatic carbocycles. The van der Waals surface area contributed by atoms with E-state index in [2.05, 4.69) is 28.6 Å². The fourth-order valence-corrected chi connectivity index (χ4v) is 4.53. The number of amides is 1. The van der Waals surface area contributed by atoms with Crippen molar-refractivity contribution in [2.75, 3.05) is 20.3 Å². The normalized spacial score (nSPS) is 11.1. The van der Waals surface area contributed by atoms with Crippen LogP contribution < -0.4 is 14.8 Å². The lowest BCUT2D eigenvalue weighted by Crippen LogP contribution is -2.22. The number of hydrogen-bond acceptors (Lipinski definition) is 4. The number of carbonyl (C=O) groups is 1. The summed E-state index contributed by atoms with van der Waals surface area (Å²) in [6.45, 7) is 5.67. The van der Waals surface area contributed by atoms with Crippen molar-refractivity contribution in [1.82, 2.24) is 14.9 Å². The van der Waals surface area contributed by atoms with Crippen molar-refractivity contribution in [3.05, 3.63) is 108 Å². The number of imidazole rings is 1. The molecule has 0 spiro atoms. The van der Waals surface area contributed by atoms with E-state index in [-0.39, 0.29) is 5.91 Å². The number of carbonyl (C=O) groups excluding carboxylic acids is 1. The first-order valence-corrected chi connectivity index (χ1v) is 13.5. The standard InChI is InChI=1S/C33H37N3O3/c1-3-12-27-18-20-30(31(25-27)38-2)39-24-23-36-29-16-10-9-15-28(29)35-32(36)17-8-5-11-22-34-33(37)21-19-26-13-6-4-7-14-26/h3-4,6-7,9-10,13-16,18-21,25H,1,5,8,11-12,17,22-24H2,2H3,(H,34,37)/b21-19+. The number of para-hydroxylation sites is 2. The van der Waals surface area contributed by atoms with Crippen LogP contribution in [0, 0.1) is 0 Å². The number of methoxy groups -OCH3 is 1. The monoisotopic (exact) mass is 523 g/mol. The Hall–Kier alpha value is -4.32. The molecule has 6 heteroatoms. The smallest absolute Gasteiger partial charge is 0.243 e. The number of aryl methyl sites for hydroxylation is 1. The fourth-order valence-electron chi connectivity index (χ4n) is 4.53. The average Bonchev–Trinajstić information content (AvgIpc) is 3.32. The highest BCUT2D eigenvalue weighted by Gasteiger charge is 2.12. The van der Waals surface area contributed by atoms with Crippen LogP contribution in [0.5, 0.6) is 11.5 Å². The van der Waals surface area contributed by atoms with E-state index in [9.17, 15) is 4.79 Å². The number of unbranched alkanes of at least 4 members (excludes halogenated alkanes) is 2. The summed E-state index contributed by atoms with van der Waals surface area (Å²) in [6, 6.07) is 24.0. The van der Waals surface area contributed by atoms with E-state index in [1.165, 1.54) is 0 Å². The molecule has 0 atom stereocenters. The number of hydrogen-bond donors (Lipinski definition) is 1.